The molecule has 2 atom stereocenters. The van der Waals surface area contributed by atoms with Gasteiger partial charge in [0.25, 0.3) is 0 Å². The Balaban J connectivity index is 1.16. The quantitative estimate of drug-likeness (QED) is 0.408. The summed E-state index contributed by atoms with van der Waals surface area (Å²) in [5, 5.41) is 13.4. The number of anilines is 1. The van der Waals surface area contributed by atoms with Crippen LogP contribution >= 0.6 is 11.3 Å². The molecule has 2 aromatic heterocycles. The van der Waals surface area contributed by atoms with Crippen molar-refractivity contribution in [2.75, 3.05) is 25.6 Å². The van der Waals surface area contributed by atoms with Gasteiger partial charge in [0.1, 0.15) is 6.61 Å². The number of hydrogen-bond donors (Lipinski definition) is 2. The summed E-state index contributed by atoms with van der Waals surface area (Å²) in [7, 11) is 1.64. The first-order valence-corrected chi connectivity index (χ1v) is 12.8. The average Bonchev–Trinajstić information content (AvgIpc) is 3.43. The Morgan fingerprint density at radius 1 is 1.14 bits per heavy atom. The van der Waals surface area contributed by atoms with E-state index in [1.54, 1.807) is 19.5 Å². The fourth-order valence-corrected chi connectivity index (χ4v) is 5.35. The Labute approximate surface area is 207 Å². The first-order valence-electron chi connectivity index (χ1n) is 12.0. The van der Waals surface area contributed by atoms with Gasteiger partial charge in [-0.1, -0.05) is 17.4 Å². The number of nitrogens with zero attached hydrogens (tertiary/aromatic N) is 3. The maximum absolute atomic E-state index is 12.6. The minimum absolute atomic E-state index is 0.00722. The molecule has 0 saturated heterocycles. The fraction of sp³-hybridized carbons (Fsp3) is 0.520. The van der Waals surface area contributed by atoms with E-state index in [9.17, 15) is 9.90 Å². The fourth-order valence-electron chi connectivity index (χ4n) is 4.44. The van der Waals surface area contributed by atoms with Crippen LogP contribution in [0.4, 0.5) is 5.13 Å². The highest BCUT2D eigenvalue weighted by Crippen LogP contribution is 2.34. The largest absolute Gasteiger partial charge is 0.390 e. The van der Waals surface area contributed by atoms with Crippen molar-refractivity contribution < 1.29 is 24.1 Å². The average molecular weight is 499 g/mol. The van der Waals surface area contributed by atoms with E-state index in [0.717, 1.165) is 53.4 Å². The molecule has 0 spiro atoms. The number of methoxy groups -OCH3 is 1. The van der Waals surface area contributed by atoms with Crippen LogP contribution in [0.2, 0.25) is 0 Å². The monoisotopic (exact) mass is 498 g/mol. The van der Waals surface area contributed by atoms with Crippen molar-refractivity contribution in [3.8, 4) is 11.1 Å². The lowest BCUT2D eigenvalue weighted by Gasteiger charge is -2.33. The summed E-state index contributed by atoms with van der Waals surface area (Å²) < 4.78 is 17.4. The van der Waals surface area contributed by atoms with Crippen molar-refractivity contribution >= 4 is 32.6 Å². The molecule has 186 valence electrons. The van der Waals surface area contributed by atoms with Crippen LogP contribution in [0.5, 0.6) is 0 Å². The number of fused-ring (bicyclic) bond motifs is 1. The number of rotatable bonds is 10. The van der Waals surface area contributed by atoms with Crippen LogP contribution in [-0.2, 0) is 25.6 Å². The summed E-state index contributed by atoms with van der Waals surface area (Å²) in [5.74, 6) is 0.549. The summed E-state index contributed by atoms with van der Waals surface area (Å²) in [6.45, 7) is 1.42. The zero-order valence-corrected chi connectivity index (χ0v) is 20.5. The number of amides is 1. The minimum Gasteiger partial charge on any atom is -0.390 e. The van der Waals surface area contributed by atoms with Crippen LogP contribution in [0.15, 0.2) is 30.6 Å². The summed E-state index contributed by atoms with van der Waals surface area (Å²) in [6.07, 6.45) is 7.30. The molecule has 35 heavy (non-hydrogen) atoms. The first-order chi connectivity index (χ1) is 17.1. The summed E-state index contributed by atoms with van der Waals surface area (Å²) in [6, 6.07) is 5.96. The van der Waals surface area contributed by atoms with Crippen molar-refractivity contribution in [3.63, 3.8) is 0 Å². The number of aliphatic hydroxyl groups is 1. The van der Waals surface area contributed by atoms with Crippen molar-refractivity contribution in [2.45, 2.75) is 57.0 Å². The topological polar surface area (TPSA) is 116 Å². The predicted octanol–water partition coefficient (Wildman–Crippen LogP) is 3.56. The molecule has 3 aromatic rings. The molecular formula is C25H30N4O5S. The summed E-state index contributed by atoms with van der Waals surface area (Å²) in [4.78, 5) is 26.0. The second kappa shape index (κ2) is 11.0. The molecule has 10 heteroatoms. The second-order valence-electron chi connectivity index (χ2n) is 9.08. The second-order valence-corrected chi connectivity index (χ2v) is 10.1. The van der Waals surface area contributed by atoms with Crippen LogP contribution in [0, 0.1) is 5.92 Å². The smallest absolute Gasteiger partial charge is 0.229 e. The molecule has 2 aliphatic carbocycles. The zero-order valence-electron chi connectivity index (χ0n) is 19.7. The van der Waals surface area contributed by atoms with Crippen molar-refractivity contribution in [3.05, 3.63) is 36.4 Å². The molecule has 0 aliphatic heterocycles. The normalized spacial score (nSPS) is 23.9. The van der Waals surface area contributed by atoms with Crippen LogP contribution in [0.3, 0.4) is 0 Å². The van der Waals surface area contributed by atoms with Gasteiger partial charge in [-0.05, 0) is 49.8 Å². The van der Waals surface area contributed by atoms with E-state index in [-0.39, 0.29) is 30.1 Å². The van der Waals surface area contributed by atoms with Crippen LogP contribution < -0.4 is 5.32 Å². The van der Waals surface area contributed by atoms with Gasteiger partial charge in [-0.3, -0.25) is 4.79 Å². The van der Waals surface area contributed by atoms with Crippen molar-refractivity contribution in [1.29, 1.82) is 0 Å². The first kappa shape index (κ1) is 24.2. The third kappa shape index (κ3) is 5.84. The maximum Gasteiger partial charge on any atom is 0.229 e. The molecule has 2 heterocycles. The summed E-state index contributed by atoms with van der Waals surface area (Å²) in [5.41, 5.74) is 2.71. The van der Waals surface area contributed by atoms with E-state index in [1.165, 1.54) is 11.3 Å². The van der Waals surface area contributed by atoms with E-state index in [4.69, 9.17) is 14.2 Å². The minimum atomic E-state index is -0.388. The number of hydrogen-bond acceptors (Lipinski definition) is 9. The Kier molecular flexibility index (Phi) is 7.64. The molecule has 9 nitrogen and oxygen atoms in total. The lowest BCUT2D eigenvalue weighted by molar-refractivity contribution is -0.129. The lowest BCUT2D eigenvalue weighted by Crippen LogP contribution is -2.39. The molecule has 2 N–H and O–H groups in total. The van der Waals surface area contributed by atoms with Gasteiger partial charge in [0.05, 0.1) is 41.7 Å². The zero-order chi connectivity index (χ0) is 24.2. The van der Waals surface area contributed by atoms with Gasteiger partial charge < -0.3 is 24.6 Å². The van der Waals surface area contributed by atoms with Crippen molar-refractivity contribution in [2.24, 2.45) is 5.92 Å². The van der Waals surface area contributed by atoms with E-state index < -0.39 is 0 Å². The van der Waals surface area contributed by atoms with Crippen LogP contribution in [-0.4, -0.2) is 64.6 Å². The standard InChI is InChI=1S/C25H30N4O5S/c1-32-7-8-33-18-9-16(10-18)24(31)29-25-28-19-6-5-15(11-22(19)35-25)17-12-26-23(27-13-17)14-34-21-4-2-3-20(21)30/h5-6,11-13,16,18,20-21,30H,2-4,7-10,14H2,1H3,(H,28,29,31)/t16?,18?,20-,21-/m0/s1. The lowest BCUT2D eigenvalue weighted by atomic mass is 9.81. The van der Waals surface area contributed by atoms with Gasteiger partial charge in [-0.15, -0.1) is 0 Å². The third-order valence-electron chi connectivity index (χ3n) is 6.61. The molecule has 2 fully saturated rings. The Hall–Kier alpha value is -2.50. The number of carbonyl (C=O) groups excluding carboxylic acids is 1. The molecule has 0 unspecified atom stereocenters. The maximum atomic E-state index is 12.6. The number of aromatic nitrogens is 3. The molecule has 0 bridgehead atoms. The third-order valence-corrected chi connectivity index (χ3v) is 7.54. The molecule has 0 radical (unpaired) electrons. The Morgan fingerprint density at radius 2 is 1.97 bits per heavy atom. The van der Waals surface area contributed by atoms with Crippen molar-refractivity contribution in [1.82, 2.24) is 15.0 Å². The highest BCUT2D eigenvalue weighted by molar-refractivity contribution is 7.22. The number of aliphatic hydroxyl groups excluding tert-OH is 1. The molecule has 2 saturated carbocycles. The van der Waals surface area contributed by atoms with Crippen LogP contribution in [0.1, 0.15) is 37.9 Å². The summed E-state index contributed by atoms with van der Waals surface area (Å²) >= 11 is 1.45. The van der Waals surface area contributed by atoms with E-state index in [2.05, 4.69) is 20.3 Å². The highest BCUT2D eigenvalue weighted by atomic mass is 32.1. The van der Waals surface area contributed by atoms with E-state index in [1.807, 2.05) is 18.2 Å². The Morgan fingerprint density at radius 3 is 2.71 bits per heavy atom. The SMILES string of the molecule is COCCOC1CC(C(=O)Nc2nc3ccc(-c4cnc(CO[C@H]5CCC[C@@H]5O)nc4)cc3s2)C1. The number of carbonyl (C=O) groups is 1. The van der Waals surface area contributed by atoms with Gasteiger partial charge in [-0.25, -0.2) is 15.0 Å². The Bertz CT molecular complexity index is 1150. The molecule has 1 amide bonds. The molecule has 2 aliphatic rings. The van der Waals surface area contributed by atoms with E-state index in [0.29, 0.717) is 30.8 Å². The van der Waals surface area contributed by atoms with E-state index >= 15 is 0 Å². The van der Waals surface area contributed by atoms with Gasteiger partial charge in [0, 0.05) is 31.0 Å². The van der Waals surface area contributed by atoms with Gasteiger partial charge in [0.15, 0.2) is 11.0 Å². The highest BCUT2D eigenvalue weighted by Gasteiger charge is 2.35. The molecule has 1 aromatic carbocycles. The molecular weight excluding hydrogens is 468 g/mol. The number of ether oxygens (including phenoxy) is 3. The van der Waals surface area contributed by atoms with Gasteiger partial charge in [0.2, 0.25) is 5.91 Å². The number of nitrogens with one attached hydrogen (secondary N) is 1. The number of thiazole rings is 1. The molecule has 5 rings (SSSR count). The van der Waals surface area contributed by atoms with Gasteiger partial charge in [-0.2, -0.15) is 0 Å². The van der Waals surface area contributed by atoms with Crippen LogP contribution in [0.25, 0.3) is 21.3 Å². The predicted molar refractivity (Wildman–Crippen MR) is 132 cm³/mol. The number of benzene rings is 1. The van der Waals surface area contributed by atoms with Gasteiger partial charge >= 0.3 is 0 Å².